The van der Waals surface area contributed by atoms with Gasteiger partial charge in [0, 0.05) is 0 Å². The minimum atomic E-state index is 0.618. The molecule has 0 bridgehead atoms. The summed E-state index contributed by atoms with van der Waals surface area (Å²) in [4.78, 5) is 0. The molecule has 0 rings (SSSR count). The van der Waals surface area contributed by atoms with Crippen LogP contribution in [0.3, 0.4) is 0 Å². The molecular formula is C7H12O. The molecule has 2 radical (unpaired) electrons. The molecule has 0 saturated heterocycles. The average molecular weight is 112 g/mol. The molecule has 0 aromatic heterocycles. The topological polar surface area (TPSA) is 9.23 Å². The van der Waals surface area contributed by atoms with E-state index in [0.29, 0.717) is 13.2 Å². The SMILES string of the molecule is [CH2][CH]COCC(=C)C. The van der Waals surface area contributed by atoms with Crippen LogP contribution in [-0.4, -0.2) is 13.2 Å². The molecule has 0 fully saturated rings. The zero-order chi connectivity index (χ0) is 6.41. The maximum Gasteiger partial charge on any atom is 0.0671 e. The summed E-state index contributed by atoms with van der Waals surface area (Å²) in [6.07, 6.45) is 1.73. The molecule has 0 N–H and O–H groups in total. The van der Waals surface area contributed by atoms with E-state index in [9.17, 15) is 0 Å². The fourth-order valence-corrected chi connectivity index (χ4v) is 0.316. The summed E-state index contributed by atoms with van der Waals surface area (Å²) >= 11 is 0. The molecule has 1 nitrogen and oxygen atoms in total. The van der Waals surface area contributed by atoms with Gasteiger partial charge in [0.2, 0.25) is 0 Å². The number of ether oxygens (including phenoxy) is 1. The van der Waals surface area contributed by atoms with Gasteiger partial charge in [-0.15, -0.1) is 0 Å². The molecule has 0 spiro atoms. The van der Waals surface area contributed by atoms with Crippen LogP contribution >= 0.6 is 0 Å². The second kappa shape index (κ2) is 4.85. The van der Waals surface area contributed by atoms with E-state index in [2.05, 4.69) is 13.5 Å². The Morgan fingerprint density at radius 3 is 2.75 bits per heavy atom. The van der Waals surface area contributed by atoms with Gasteiger partial charge < -0.3 is 4.74 Å². The third kappa shape index (κ3) is 5.70. The predicted molar refractivity (Wildman–Crippen MR) is 35.3 cm³/mol. The second-order valence-electron chi connectivity index (χ2n) is 1.76. The Kier molecular flexibility index (Phi) is 4.67. The van der Waals surface area contributed by atoms with Gasteiger partial charge in [0.15, 0.2) is 0 Å². The molecule has 0 aromatic rings. The summed E-state index contributed by atoms with van der Waals surface area (Å²) in [5.74, 6) is 0. The van der Waals surface area contributed by atoms with Gasteiger partial charge in [-0.05, 0) is 20.3 Å². The van der Waals surface area contributed by atoms with Crippen LogP contribution in [0.4, 0.5) is 0 Å². The molecule has 0 heterocycles. The Bertz CT molecular complexity index is 66.8. The van der Waals surface area contributed by atoms with Crippen LogP contribution in [0.5, 0.6) is 0 Å². The molecule has 0 atom stereocenters. The fourth-order valence-electron chi connectivity index (χ4n) is 0.316. The first-order valence-corrected chi connectivity index (χ1v) is 2.60. The van der Waals surface area contributed by atoms with Crippen LogP contribution in [0.2, 0.25) is 0 Å². The summed E-state index contributed by atoms with van der Waals surface area (Å²) in [5.41, 5.74) is 1.05. The van der Waals surface area contributed by atoms with Crippen molar-refractivity contribution < 1.29 is 4.74 Å². The molecule has 0 aromatic carbocycles. The Labute approximate surface area is 51.4 Å². The number of hydrogen-bond acceptors (Lipinski definition) is 1. The van der Waals surface area contributed by atoms with Crippen LogP contribution in [0, 0.1) is 13.3 Å². The number of hydrogen-bond donors (Lipinski definition) is 0. The second-order valence-corrected chi connectivity index (χ2v) is 1.76. The van der Waals surface area contributed by atoms with Crippen molar-refractivity contribution in [3.63, 3.8) is 0 Å². The quantitative estimate of drug-likeness (QED) is 0.396. The maximum absolute atomic E-state index is 5.03. The van der Waals surface area contributed by atoms with Gasteiger partial charge in [0.1, 0.15) is 0 Å². The van der Waals surface area contributed by atoms with Gasteiger partial charge in [-0.3, -0.25) is 0 Å². The highest BCUT2D eigenvalue weighted by Crippen LogP contribution is 1.87. The van der Waals surface area contributed by atoms with E-state index in [-0.39, 0.29) is 0 Å². The molecular weight excluding hydrogens is 100 g/mol. The maximum atomic E-state index is 5.03. The van der Waals surface area contributed by atoms with Crippen molar-refractivity contribution in [1.29, 1.82) is 0 Å². The highest BCUT2D eigenvalue weighted by Gasteiger charge is 1.83. The molecule has 0 unspecified atom stereocenters. The van der Waals surface area contributed by atoms with Crippen LogP contribution in [0.25, 0.3) is 0 Å². The molecule has 0 saturated carbocycles. The smallest absolute Gasteiger partial charge is 0.0671 e. The summed E-state index contributed by atoms with van der Waals surface area (Å²) < 4.78 is 5.03. The van der Waals surface area contributed by atoms with Crippen molar-refractivity contribution in [1.82, 2.24) is 0 Å². The molecule has 8 heavy (non-hydrogen) atoms. The first-order chi connectivity index (χ1) is 3.77. The first-order valence-electron chi connectivity index (χ1n) is 2.60. The summed E-state index contributed by atoms with van der Waals surface area (Å²) in [6.45, 7) is 10.4. The van der Waals surface area contributed by atoms with E-state index in [4.69, 9.17) is 4.74 Å². The third-order valence-corrected chi connectivity index (χ3v) is 0.584. The lowest BCUT2D eigenvalue weighted by Gasteiger charge is -1.98. The van der Waals surface area contributed by atoms with Crippen molar-refractivity contribution in [3.8, 4) is 0 Å². The van der Waals surface area contributed by atoms with E-state index in [0.717, 1.165) is 5.57 Å². The van der Waals surface area contributed by atoms with Crippen LogP contribution < -0.4 is 0 Å². The number of rotatable bonds is 4. The fraction of sp³-hybridized carbons (Fsp3) is 0.429. The minimum Gasteiger partial charge on any atom is -0.377 e. The largest absolute Gasteiger partial charge is 0.377 e. The molecule has 0 aliphatic rings. The summed E-state index contributed by atoms with van der Waals surface area (Å²) in [7, 11) is 0. The molecule has 0 aliphatic heterocycles. The van der Waals surface area contributed by atoms with Crippen molar-refractivity contribution in [2.75, 3.05) is 13.2 Å². The van der Waals surface area contributed by atoms with Gasteiger partial charge in [0.05, 0.1) is 13.2 Å². The minimum absolute atomic E-state index is 0.618. The Balaban J connectivity index is 2.82. The lowest BCUT2D eigenvalue weighted by atomic mass is 10.4. The van der Waals surface area contributed by atoms with Crippen LogP contribution in [-0.2, 0) is 4.74 Å². The summed E-state index contributed by atoms with van der Waals surface area (Å²) in [5, 5.41) is 0. The molecule has 0 aliphatic carbocycles. The molecule has 46 valence electrons. The first kappa shape index (κ1) is 7.70. The van der Waals surface area contributed by atoms with Crippen molar-refractivity contribution >= 4 is 0 Å². The van der Waals surface area contributed by atoms with Gasteiger partial charge in [-0.2, -0.15) is 0 Å². The highest BCUT2D eigenvalue weighted by molar-refractivity contribution is 4.87. The lowest BCUT2D eigenvalue weighted by molar-refractivity contribution is 0.180. The van der Waals surface area contributed by atoms with E-state index < -0.39 is 0 Å². The van der Waals surface area contributed by atoms with E-state index >= 15 is 0 Å². The Morgan fingerprint density at radius 2 is 2.38 bits per heavy atom. The zero-order valence-electron chi connectivity index (χ0n) is 5.31. The Morgan fingerprint density at radius 1 is 1.75 bits per heavy atom. The van der Waals surface area contributed by atoms with E-state index in [1.54, 1.807) is 6.42 Å². The highest BCUT2D eigenvalue weighted by atomic mass is 16.5. The normalized spacial score (nSPS) is 9.25. The average Bonchev–Trinajstić information content (AvgIpc) is 1.66. The standard InChI is InChI=1S/C7H12O/c1-4-5-8-6-7(2)3/h4H,1-2,5-6H2,3H3. The van der Waals surface area contributed by atoms with Gasteiger partial charge in [-0.25, -0.2) is 0 Å². The Hall–Kier alpha value is -0.300. The zero-order valence-corrected chi connectivity index (χ0v) is 5.31. The van der Waals surface area contributed by atoms with Gasteiger partial charge >= 0.3 is 0 Å². The van der Waals surface area contributed by atoms with Crippen molar-refractivity contribution in [2.24, 2.45) is 0 Å². The van der Waals surface area contributed by atoms with Crippen molar-refractivity contribution in [2.45, 2.75) is 6.92 Å². The van der Waals surface area contributed by atoms with Crippen LogP contribution in [0.1, 0.15) is 6.92 Å². The van der Waals surface area contributed by atoms with Crippen LogP contribution in [0.15, 0.2) is 12.2 Å². The third-order valence-electron chi connectivity index (χ3n) is 0.584. The van der Waals surface area contributed by atoms with Gasteiger partial charge in [0.25, 0.3) is 0 Å². The van der Waals surface area contributed by atoms with E-state index in [1.807, 2.05) is 6.92 Å². The predicted octanol–water partition coefficient (Wildman–Crippen LogP) is 1.62. The molecule has 1 heteroatoms. The lowest BCUT2D eigenvalue weighted by Crippen LogP contribution is -1.95. The molecule has 0 amide bonds. The van der Waals surface area contributed by atoms with Crippen molar-refractivity contribution in [3.05, 3.63) is 25.5 Å². The monoisotopic (exact) mass is 112 g/mol. The summed E-state index contributed by atoms with van der Waals surface area (Å²) in [6, 6.07) is 0. The van der Waals surface area contributed by atoms with Gasteiger partial charge in [-0.1, -0.05) is 12.2 Å². The van der Waals surface area contributed by atoms with E-state index in [1.165, 1.54) is 0 Å².